The van der Waals surface area contributed by atoms with E-state index in [-0.39, 0.29) is 6.04 Å². The van der Waals surface area contributed by atoms with Crippen LogP contribution in [0, 0.1) is 0 Å². The van der Waals surface area contributed by atoms with Gasteiger partial charge in [0.25, 0.3) is 0 Å². The van der Waals surface area contributed by atoms with Crippen molar-refractivity contribution in [3.63, 3.8) is 0 Å². The highest BCUT2D eigenvalue weighted by atomic mass is 35.5. The number of rotatable bonds is 2. The summed E-state index contributed by atoms with van der Waals surface area (Å²) < 4.78 is 0. The van der Waals surface area contributed by atoms with Gasteiger partial charge in [0.2, 0.25) is 0 Å². The van der Waals surface area contributed by atoms with E-state index >= 15 is 0 Å². The largest absolute Gasteiger partial charge is 0.270 e. The molecule has 0 unspecified atom stereocenters. The molecular formula is C7H12ClN. The van der Waals surface area contributed by atoms with Gasteiger partial charge in [0, 0.05) is 6.04 Å². The van der Waals surface area contributed by atoms with Gasteiger partial charge in [-0.3, -0.25) is 4.99 Å². The highest BCUT2D eigenvalue weighted by molar-refractivity contribution is 6.68. The molecule has 0 amide bonds. The Morgan fingerprint density at radius 3 is 2.44 bits per heavy atom. The first kappa shape index (κ1) is 8.70. The zero-order valence-electron chi connectivity index (χ0n) is 6.06. The lowest BCUT2D eigenvalue weighted by atomic mass is 10.4. The molecule has 0 aromatic heterocycles. The van der Waals surface area contributed by atoms with E-state index in [0.29, 0.717) is 5.17 Å². The fourth-order valence-corrected chi connectivity index (χ4v) is 0.748. The highest BCUT2D eigenvalue weighted by Gasteiger charge is 1.87. The molecule has 52 valence electrons. The molecule has 2 heteroatoms. The number of halogens is 1. The average molecular weight is 146 g/mol. The Kier molecular flexibility index (Phi) is 4.41. The summed E-state index contributed by atoms with van der Waals surface area (Å²) in [6.45, 7) is 5.90. The molecule has 0 saturated carbocycles. The molecule has 1 nitrogen and oxygen atoms in total. The lowest BCUT2D eigenvalue weighted by Crippen LogP contribution is -1.91. The van der Waals surface area contributed by atoms with Gasteiger partial charge in [-0.05, 0) is 26.8 Å². The van der Waals surface area contributed by atoms with E-state index in [1.807, 2.05) is 26.8 Å². The predicted octanol–water partition coefficient (Wildman–Crippen LogP) is 2.61. The van der Waals surface area contributed by atoms with E-state index in [0.717, 1.165) is 0 Å². The van der Waals surface area contributed by atoms with Crippen LogP contribution in [-0.4, -0.2) is 11.2 Å². The third kappa shape index (κ3) is 5.57. The lowest BCUT2D eigenvalue weighted by Gasteiger charge is -1.93. The fourth-order valence-electron chi connectivity index (χ4n) is 0.427. The number of hydrogen-bond acceptors (Lipinski definition) is 1. The summed E-state index contributed by atoms with van der Waals surface area (Å²) in [5.41, 5.74) is 0. The minimum atomic E-state index is 0.286. The summed E-state index contributed by atoms with van der Waals surface area (Å²) in [6, 6.07) is 0.286. The van der Waals surface area contributed by atoms with Crippen LogP contribution in [0.4, 0.5) is 0 Å². The van der Waals surface area contributed by atoms with Gasteiger partial charge in [0.05, 0.1) is 0 Å². The van der Waals surface area contributed by atoms with Crippen molar-refractivity contribution >= 4 is 16.8 Å². The Morgan fingerprint density at radius 1 is 1.56 bits per heavy atom. The van der Waals surface area contributed by atoms with Crippen LogP contribution in [0.15, 0.2) is 17.1 Å². The molecule has 0 aliphatic carbocycles. The normalized spacial score (nSPS) is 13.7. The summed E-state index contributed by atoms with van der Waals surface area (Å²) in [6.07, 6.45) is 3.65. The second-order valence-corrected chi connectivity index (χ2v) is 2.43. The summed E-state index contributed by atoms with van der Waals surface area (Å²) in [5.74, 6) is 0. The molecule has 0 aliphatic heterocycles. The molecule has 0 N–H and O–H groups in total. The van der Waals surface area contributed by atoms with E-state index in [1.165, 1.54) is 0 Å². The first-order valence-corrected chi connectivity index (χ1v) is 3.40. The molecule has 0 rings (SSSR count). The molecule has 0 atom stereocenters. The third-order valence-electron chi connectivity index (χ3n) is 0.686. The van der Waals surface area contributed by atoms with Crippen LogP contribution in [0.2, 0.25) is 0 Å². The number of allylic oxidation sites excluding steroid dienone is 2. The van der Waals surface area contributed by atoms with Crippen LogP contribution in [-0.2, 0) is 0 Å². The minimum Gasteiger partial charge on any atom is -0.270 e. The Morgan fingerprint density at radius 2 is 2.11 bits per heavy atom. The van der Waals surface area contributed by atoms with Crippen LogP contribution >= 0.6 is 11.6 Å². The lowest BCUT2D eigenvalue weighted by molar-refractivity contribution is 0.840. The van der Waals surface area contributed by atoms with Crippen molar-refractivity contribution in [1.82, 2.24) is 0 Å². The first-order chi connectivity index (χ1) is 4.16. The summed E-state index contributed by atoms with van der Waals surface area (Å²) in [5, 5.41) is 0.576. The van der Waals surface area contributed by atoms with Crippen molar-refractivity contribution in [1.29, 1.82) is 0 Å². The summed E-state index contributed by atoms with van der Waals surface area (Å²) in [7, 11) is 0. The Hall–Kier alpha value is -0.300. The van der Waals surface area contributed by atoms with Gasteiger partial charge in [-0.2, -0.15) is 0 Å². The van der Waals surface area contributed by atoms with E-state index in [1.54, 1.807) is 6.08 Å². The second kappa shape index (κ2) is 4.57. The van der Waals surface area contributed by atoms with Gasteiger partial charge in [-0.1, -0.05) is 17.7 Å². The SMILES string of the molecule is C/C=C\C(Cl)=N/C(C)C. The van der Waals surface area contributed by atoms with Crippen molar-refractivity contribution in [3.8, 4) is 0 Å². The number of nitrogens with zero attached hydrogens (tertiary/aromatic N) is 1. The smallest absolute Gasteiger partial charge is 0.123 e. The van der Waals surface area contributed by atoms with Gasteiger partial charge in [0.15, 0.2) is 0 Å². The molecule has 0 heterocycles. The maximum absolute atomic E-state index is 5.64. The zero-order chi connectivity index (χ0) is 7.28. The first-order valence-electron chi connectivity index (χ1n) is 3.02. The van der Waals surface area contributed by atoms with E-state index in [9.17, 15) is 0 Å². The van der Waals surface area contributed by atoms with E-state index in [2.05, 4.69) is 4.99 Å². The molecule has 0 saturated heterocycles. The Balaban J connectivity index is 3.84. The average Bonchev–Trinajstić information content (AvgIpc) is 1.63. The van der Waals surface area contributed by atoms with Crippen molar-refractivity contribution in [2.75, 3.05) is 0 Å². The van der Waals surface area contributed by atoms with Gasteiger partial charge in [-0.15, -0.1) is 0 Å². The zero-order valence-corrected chi connectivity index (χ0v) is 6.81. The molecule has 9 heavy (non-hydrogen) atoms. The monoisotopic (exact) mass is 145 g/mol. The summed E-state index contributed by atoms with van der Waals surface area (Å²) >= 11 is 5.64. The fraction of sp³-hybridized carbons (Fsp3) is 0.571. The van der Waals surface area contributed by atoms with Crippen LogP contribution in [0.5, 0.6) is 0 Å². The van der Waals surface area contributed by atoms with Crippen molar-refractivity contribution < 1.29 is 0 Å². The Bertz CT molecular complexity index is 125. The molecule has 0 aromatic carbocycles. The quantitative estimate of drug-likeness (QED) is 0.530. The Labute approximate surface area is 61.4 Å². The van der Waals surface area contributed by atoms with Crippen LogP contribution in [0.1, 0.15) is 20.8 Å². The van der Waals surface area contributed by atoms with Crippen molar-refractivity contribution in [2.24, 2.45) is 4.99 Å². The molecule has 0 fully saturated rings. The van der Waals surface area contributed by atoms with Crippen LogP contribution in [0.25, 0.3) is 0 Å². The molecule has 0 aliphatic rings. The number of aliphatic imine (C=N–C) groups is 1. The second-order valence-electron chi connectivity index (χ2n) is 2.05. The van der Waals surface area contributed by atoms with Gasteiger partial charge >= 0.3 is 0 Å². The molecule has 0 bridgehead atoms. The third-order valence-corrected chi connectivity index (χ3v) is 0.909. The van der Waals surface area contributed by atoms with Gasteiger partial charge in [-0.25, -0.2) is 0 Å². The van der Waals surface area contributed by atoms with Crippen molar-refractivity contribution in [3.05, 3.63) is 12.2 Å². The molecule has 0 spiro atoms. The minimum absolute atomic E-state index is 0.286. The van der Waals surface area contributed by atoms with Crippen LogP contribution in [0.3, 0.4) is 0 Å². The summed E-state index contributed by atoms with van der Waals surface area (Å²) in [4.78, 5) is 4.06. The molecule has 0 radical (unpaired) electrons. The molecule has 0 aromatic rings. The number of hydrogen-bond donors (Lipinski definition) is 0. The van der Waals surface area contributed by atoms with Crippen LogP contribution < -0.4 is 0 Å². The van der Waals surface area contributed by atoms with E-state index < -0.39 is 0 Å². The topological polar surface area (TPSA) is 12.4 Å². The standard InChI is InChI=1S/C7H12ClN/c1-4-5-7(8)9-6(2)3/h4-6H,1-3H3/b5-4-,9-7+. The van der Waals surface area contributed by atoms with Gasteiger partial charge < -0.3 is 0 Å². The maximum atomic E-state index is 5.64. The van der Waals surface area contributed by atoms with Gasteiger partial charge in [0.1, 0.15) is 5.17 Å². The van der Waals surface area contributed by atoms with E-state index in [4.69, 9.17) is 11.6 Å². The molecular weight excluding hydrogens is 134 g/mol. The highest BCUT2D eigenvalue weighted by Crippen LogP contribution is 1.93. The predicted molar refractivity (Wildman–Crippen MR) is 43.2 cm³/mol. The maximum Gasteiger partial charge on any atom is 0.123 e. The van der Waals surface area contributed by atoms with Crippen molar-refractivity contribution in [2.45, 2.75) is 26.8 Å².